The molecule has 6 rings (SSSR count). The van der Waals surface area contributed by atoms with E-state index in [0.717, 1.165) is 55.0 Å². The van der Waals surface area contributed by atoms with Crippen LogP contribution in [0.15, 0.2) is 23.1 Å². The third-order valence-corrected chi connectivity index (χ3v) is 12.1. The van der Waals surface area contributed by atoms with Crippen LogP contribution in [0, 0.1) is 11.8 Å². The topological polar surface area (TPSA) is 94.4 Å². The van der Waals surface area contributed by atoms with Crippen molar-refractivity contribution in [2.45, 2.75) is 102 Å². The van der Waals surface area contributed by atoms with E-state index in [9.17, 15) is 32.3 Å². The molecule has 1 N–H and O–H groups in total. The molecule has 2 amide bonds. The molecule has 0 radical (unpaired) electrons. The highest BCUT2D eigenvalue weighted by molar-refractivity contribution is 7.99. The second-order valence-corrected chi connectivity index (χ2v) is 16.9. The molecule has 2 aromatic rings. The molecule has 2 atom stereocenters. The quantitative estimate of drug-likeness (QED) is 0.198. The Morgan fingerprint density at radius 1 is 0.963 bits per heavy atom. The Kier molecular flexibility index (Phi) is 13.9. The van der Waals surface area contributed by atoms with E-state index < -0.39 is 30.1 Å². The van der Waals surface area contributed by atoms with Crippen LogP contribution in [0.4, 0.5) is 22.4 Å². The van der Waals surface area contributed by atoms with Gasteiger partial charge in [0.05, 0.1) is 36.4 Å². The van der Waals surface area contributed by atoms with Crippen LogP contribution in [-0.4, -0.2) is 130 Å². The van der Waals surface area contributed by atoms with Crippen LogP contribution in [0.2, 0.25) is 0 Å². The number of ether oxygens (including phenoxy) is 1. The number of fused-ring (bicyclic) bond motifs is 1. The van der Waals surface area contributed by atoms with Gasteiger partial charge in [0, 0.05) is 86.2 Å². The number of halogens is 4. The maximum Gasteiger partial charge on any atom is 0.417 e. The molecule has 4 aliphatic rings. The maximum atomic E-state index is 14.3. The highest BCUT2D eigenvalue weighted by Gasteiger charge is 2.37. The predicted octanol–water partition coefficient (Wildman–Crippen LogP) is 6.33. The minimum atomic E-state index is -4.55. The molecule has 5 heterocycles. The van der Waals surface area contributed by atoms with Gasteiger partial charge >= 0.3 is 12.3 Å². The average molecular weight is 781 g/mol. The highest BCUT2D eigenvalue weighted by Crippen LogP contribution is 2.40. The molecule has 3 saturated heterocycles. The lowest BCUT2D eigenvalue weighted by Crippen LogP contribution is -2.48. The average Bonchev–Trinajstić information content (AvgIpc) is 3.51. The second-order valence-electron chi connectivity index (χ2n) is 15.8. The van der Waals surface area contributed by atoms with Gasteiger partial charge in [-0.3, -0.25) is 9.48 Å². The van der Waals surface area contributed by atoms with Crippen molar-refractivity contribution in [1.82, 2.24) is 29.4 Å². The fourth-order valence-electron chi connectivity index (χ4n) is 8.12. The number of likely N-dealkylation sites (tertiary alicyclic amines) is 3. The van der Waals surface area contributed by atoms with Gasteiger partial charge in [-0.05, 0) is 69.7 Å². The van der Waals surface area contributed by atoms with Gasteiger partial charge in [-0.25, -0.2) is 9.18 Å². The summed E-state index contributed by atoms with van der Waals surface area (Å²) in [7, 11) is 0. The summed E-state index contributed by atoms with van der Waals surface area (Å²) < 4.78 is 63.8. The number of amides is 2. The maximum absolute atomic E-state index is 14.3. The fourth-order valence-corrected chi connectivity index (χ4v) is 9.24. The number of aliphatic hydroxyl groups is 1. The van der Waals surface area contributed by atoms with Crippen molar-refractivity contribution < 1.29 is 37.0 Å². The summed E-state index contributed by atoms with van der Waals surface area (Å²) in [4.78, 5) is 34.7. The SMILES string of the molecule is CC(C)COC(=O)N1CCCC(C(=O)N2CCc3c(c(-c4ccc(C(F)(F)F)c(SCCN5CCC(F)CC5)c4)nn3CC(O)CN3CCCCC3)C2)C1. The Balaban J connectivity index is 1.24. The van der Waals surface area contributed by atoms with Crippen molar-refractivity contribution >= 4 is 23.8 Å². The molecule has 1 aromatic carbocycles. The molecule has 2 unspecified atom stereocenters. The summed E-state index contributed by atoms with van der Waals surface area (Å²) in [6, 6.07) is 4.13. The number of aliphatic hydroxyl groups excluding tert-OH is 1. The molecule has 15 heteroatoms. The number of hydrogen-bond acceptors (Lipinski definition) is 8. The first-order chi connectivity index (χ1) is 25.9. The van der Waals surface area contributed by atoms with E-state index >= 15 is 0 Å². The first-order valence-electron chi connectivity index (χ1n) is 19.8. The number of benzene rings is 1. The molecular formula is C39H56F4N6O4S. The van der Waals surface area contributed by atoms with Crippen LogP contribution in [-0.2, 0) is 35.2 Å². The zero-order valence-electron chi connectivity index (χ0n) is 31.7. The Bertz CT molecular complexity index is 1580. The minimum Gasteiger partial charge on any atom is -0.449 e. The van der Waals surface area contributed by atoms with Crippen molar-refractivity contribution in [3.05, 3.63) is 35.0 Å². The molecule has 10 nitrogen and oxygen atoms in total. The van der Waals surface area contributed by atoms with Crippen LogP contribution >= 0.6 is 11.8 Å². The van der Waals surface area contributed by atoms with Gasteiger partial charge in [-0.2, -0.15) is 18.3 Å². The number of piperidine rings is 3. The first kappa shape index (κ1) is 40.8. The fraction of sp³-hybridized carbons (Fsp3) is 0.718. The molecule has 1 aromatic heterocycles. The summed E-state index contributed by atoms with van der Waals surface area (Å²) in [6.07, 6.45) is -0.390. The minimum absolute atomic E-state index is 0.0636. The van der Waals surface area contributed by atoms with E-state index in [1.54, 1.807) is 20.5 Å². The van der Waals surface area contributed by atoms with Crippen LogP contribution in [0.3, 0.4) is 0 Å². The van der Waals surface area contributed by atoms with Crippen LogP contribution in [0.25, 0.3) is 11.3 Å². The molecule has 3 fully saturated rings. The van der Waals surface area contributed by atoms with Crippen LogP contribution < -0.4 is 0 Å². The number of carbonyl (C=O) groups is 2. The number of aromatic nitrogens is 2. The molecular weight excluding hydrogens is 725 g/mol. The normalized spacial score (nSPS) is 21.4. The van der Waals surface area contributed by atoms with Crippen molar-refractivity contribution in [3.63, 3.8) is 0 Å². The van der Waals surface area contributed by atoms with Crippen LogP contribution in [0.1, 0.15) is 75.6 Å². The summed E-state index contributed by atoms with van der Waals surface area (Å²) in [5.74, 6) is 0.169. The number of hydrogen-bond donors (Lipinski definition) is 1. The van der Waals surface area contributed by atoms with E-state index in [2.05, 4.69) is 9.80 Å². The standard InChI is InChI=1S/C39H56F4N6O4S/c1-27(2)26-53-38(52)48-15-6-7-29(22-48)37(51)47-18-12-34-32(25-47)36(44-49(34)24-31(50)23-46-13-4-3-5-14-46)28-8-9-33(39(41,42)43)35(21-28)54-20-19-45-16-10-30(40)11-17-45/h8-9,21,27,29-31,50H,3-7,10-20,22-26H2,1-2H3. The number of thioether (sulfide) groups is 1. The zero-order chi connectivity index (χ0) is 38.4. The van der Waals surface area contributed by atoms with Gasteiger partial charge in [0.15, 0.2) is 0 Å². The van der Waals surface area contributed by atoms with Gasteiger partial charge < -0.3 is 29.4 Å². The molecule has 0 spiro atoms. The number of rotatable bonds is 12. The molecule has 0 bridgehead atoms. The monoisotopic (exact) mass is 780 g/mol. The largest absolute Gasteiger partial charge is 0.449 e. The predicted molar refractivity (Wildman–Crippen MR) is 200 cm³/mol. The second kappa shape index (κ2) is 18.4. The van der Waals surface area contributed by atoms with Gasteiger partial charge in [0.1, 0.15) is 6.17 Å². The Morgan fingerprint density at radius 2 is 1.72 bits per heavy atom. The van der Waals surface area contributed by atoms with Crippen molar-refractivity contribution in [2.24, 2.45) is 11.8 Å². The van der Waals surface area contributed by atoms with Crippen molar-refractivity contribution in [1.29, 1.82) is 0 Å². The van der Waals surface area contributed by atoms with E-state index in [1.165, 1.54) is 12.5 Å². The molecule has 0 aliphatic carbocycles. The van der Waals surface area contributed by atoms with E-state index in [1.807, 2.05) is 13.8 Å². The van der Waals surface area contributed by atoms with Gasteiger partial charge in [-0.15, -0.1) is 11.8 Å². The van der Waals surface area contributed by atoms with E-state index in [4.69, 9.17) is 9.84 Å². The van der Waals surface area contributed by atoms with E-state index in [0.29, 0.717) is 95.0 Å². The first-order valence-corrected chi connectivity index (χ1v) is 20.7. The van der Waals surface area contributed by atoms with Crippen LogP contribution in [0.5, 0.6) is 0 Å². The van der Waals surface area contributed by atoms with Gasteiger partial charge in [0.2, 0.25) is 5.91 Å². The zero-order valence-corrected chi connectivity index (χ0v) is 32.5. The summed E-state index contributed by atoms with van der Waals surface area (Å²) in [5.41, 5.74) is 1.97. The number of carbonyl (C=O) groups excluding carboxylic acids is 2. The smallest absolute Gasteiger partial charge is 0.417 e. The lowest BCUT2D eigenvalue weighted by atomic mass is 9.94. The summed E-state index contributed by atoms with van der Waals surface area (Å²) in [5, 5.41) is 16.2. The Hall–Kier alpha value is -2.88. The summed E-state index contributed by atoms with van der Waals surface area (Å²) in [6.45, 7) is 10.1. The van der Waals surface area contributed by atoms with Crippen molar-refractivity contribution in [3.8, 4) is 11.3 Å². The molecule has 4 aliphatic heterocycles. The van der Waals surface area contributed by atoms with Crippen molar-refractivity contribution in [2.75, 3.05) is 71.3 Å². The lowest BCUT2D eigenvalue weighted by molar-refractivity contribution is -0.140. The Labute approximate surface area is 320 Å². The number of alkyl halides is 4. The number of β-amino-alcohol motifs (C(OH)–C–C–N with tert-alkyl or cyclic N) is 1. The lowest BCUT2D eigenvalue weighted by Gasteiger charge is -2.36. The molecule has 0 saturated carbocycles. The third-order valence-electron chi connectivity index (χ3n) is 11.1. The number of nitrogens with zero attached hydrogens (tertiary/aromatic N) is 6. The Morgan fingerprint density at radius 3 is 2.44 bits per heavy atom. The molecule has 300 valence electrons. The van der Waals surface area contributed by atoms with E-state index in [-0.39, 0.29) is 42.3 Å². The van der Waals surface area contributed by atoms with Gasteiger partial charge in [-0.1, -0.05) is 26.3 Å². The molecule has 54 heavy (non-hydrogen) atoms. The third kappa shape index (κ3) is 10.5. The van der Waals surface area contributed by atoms with Gasteiger partial charge in [0.25, 0.3) is 0 Å². The highest BCUT2D eigenvalue weighted by atomic mass is 32.2. The summed E-state index contributed by atoms with van der Waals surface area (Å²) >= 11 is 1.14.